The lowest BCUT2D eigenvalue weighted by Crippen LogP contribution is -2.07. The molecule has 1 rings (SSSR count). The molecule has 0 fully saturated rings. The van der Waals surface area contributed by atoms with Crippen molar-refractivity contribution in [3.05, 3.63) is 31.2 Å². The van der Waals surface area contributed by atoms with E-state index < -0.39 is 9.84 Å². The van der Waals surface area contributed by atoms with E-state index >= 15 is 0 Å². The van der Waals surface area contributed by atoms with Crippen molar-refractivity contribution in [1.29, 1.82) is 0 Å². The van der Waals surface area contributed by atoms with Crippen molar-refractivity contribution < 1.29 is 13.2 Å². The topological polar surface area (TPSA) is 43.4 Å². The zero-order valence-corrected chi connectivity index (χ0v) is 10.5. The molecule has 1 radical (unpaired) electrons. The minimum Gasteiger partial charge on any atom is -0.491 e. The summed E-state index contributed by atoms with van der Waals surface area (Å²) in [7, 11) is -3.17. The molecular formula is C12H17O3S. The van der Waals surface area contributed by atoms with E-state index in [4.69, 9.17) is 4.74 Å². The quantitative estimate of drug-likeness (QED) is 0.795. The van der Waals surface area contributed by atoms with Gasteiger partial charge in [0.2, 0.25) is 0 Å². The van der Waals surface area contributed by atoms with Crippen molar-refractivity contribution >= 4 is 9.84 Å². The van der Waals surface area contributed by atoms with E-state index in [-0.39, 0.29) is 11.9 Å². The van der Waals surface area contributed by atoms with Crippen molar-refractivity contribution in [3.8, 4) is 5.75 Å². The molecule has 89 valence electrons. The standard InChI is InChI=1S/C12H17O3S/c1-4-9-16(13,14)12-7-5-11(6-8-12)15-10(2)3/h5-8,10H,1,4,9H2,2-3H3. The lowest BCUT2D eigenvalue weighted by Gasteiger charge is -2.10. The van der Waals surface area contributed by atoms with Gasteiger partial charge in [-0.2, -0.15) is 0 Å². The van der Waals surface area contributed by atoms with Crippen molar-refractivity contribution in [3.63, 3.8) is 0 Å². The number of hydrogen-bond acceptors (Lipinski definition) is 3. The average Bonchev–Trinajstić information content (AvgIpc) is 2.17. The van der Waals surface area contributed by atoms with E-state index in [1.165, 1.54) is 0 Å². The summed E-state index contributed by atoms with van der Waals surface area (Å²) < 4.78 is 28.8. The van der Waals surface area contributed by atoms with Crippen LogP contribution in [0.2, 0.25) is 0 Å². The molecule has 4 heteroatoms. The van der Waals surface area contributed by atoms with Crippen molar-refractivity contribution in [2.75, 3.05) is 5.75 Å². The smallest absolute Gasteiger partial charge is 0.178 e. The summed E-state index contributed by atoms with van der Waals surface area (Å²) in [5, 5.41) is 0. The summed E-state index contributed by atoms with van der Waals surface area (Å²) in [5.41, 5.74) is 0. The Kier molecular flexibility index (Phi) is 4.35. The number of benzene rings is 1. The lowest BCUT2D eigenvalue weighted by molar-refractivity contribution is 0.242. The largest absolute Gasteiger partial charge is 0.491 e. The molecule has 0 atom stereocenters. The first-order valence-electron chi connectivity index (χ1n) is 5.24. The third-order valence-electron chi connectivity index (χ3n) is 1.97. The second kappa shape index (κ2) is 5.34. The zero-order valence-electron chi connectivity index (χ0n) is 9.64. The molecule has 0 aliphatic rings. The van der Waals surface area contributed by atoms with Gasteiger partial charge in [-0.3, -0.25) is 0 Å². The number of sulfone groups is 1. The predicted octanol–water partition coefficient (Wildman–Crippen LogP) is 2.47. The summed E-state index contributed by atoms with van der Waals surface area (Å²) in [6, 6.07) is 6.50. The van der Waals surface area contributed by atoms with E-state index in [9.17, 15) is 8.42 Å². The molecule has 0 spiro atoms. The Morgan fingerprint density at radius 2 is 1.81 bits per heavy atom. The third-order valence-corrected chi connectivity index (χ3v) is 3.78. The Morgan fingerprint density at radius 1 is 1.25 bits per heavy atom. The molecule has 0 aromatic heterocycles. The molecule has 0 saturated heterocycles. The van der Waals surface area contributed by atoms with Gasteiger partial charge in [-0.05, 0) is 44.5 Å². The van der Waals surface area contributed by atoms with Crippen LogP contribution in [0.5, 0.6) is 5.75 Å². The van der Waals surface area contributed by atoms with Gasteiger partial charge in [0, 0.05) is 0 Å². The second-order valence-corrected chi connectivity index (χ2v) is 5.92. The van der Waals surface area contributed by atoms with Crippen LogP contribution in [0.1, 0.15) is 20.3 Å². The van der Waals surface area contributed by atoms with Gasteiger partial charge < -0.3 is 4.74 Å². The zero-order chi connectivity index (χ0) is 12.2. The molecule has 1 aromatic carbocycles. The van der Waals surface area contributed by atoms with Crippen LogP contribution in [0, 0.1) is 6.92 Å². The van der Waals surface area contributed by atoms with E-state index in [1.54, 1.807) is 24.3 Å². The summed E-state index contributed by atoms with van der Waals surface area (Å²) in [4.78, 5) is 0.326. The summed E-state index contributed by atoms with van der Waals surface area (Å²) in [6.07, 6.45) is 0.467. The number of hydrogen-bond donors (Lipinski definition) is 0. The summed E-state index contributed by atoms with van der Waals surface area (Å²) in [6.45, 7) is 7.40. The van der Waals surface area contributed by atoms with Crippen molar-refractivity contribution in [2.24, 2.45) is 0 Å². The van der Waals surface area contributed by atoms with Crippen LogP contribution in [0.3, 0.4) is 0 Å². The van der Waals surface area contributed by atoms with Crippen LogP contribution in [0.25, 0.3) is 0 Å². The molecule has 0 N–H and O–H groups in total. The molecule has 0 saturated carbocycles. The van der Waals surface area contributed by atoms with E-state index in [1.807, 2.05) is 13.8 Å². The van der Waals surface area contributed by atoms with Gasteiger partial charge in [0.05, 0.1) is 16.8 Å². The SMILES string of the molecule is [CH2]CCS(=O)(=O)c1ccc(OC(C)C)cc1. The first-order chi connectivity index (χ1) is 7.45. The average molecular weight is 241 g/mol. The van der Waals surface area contributed by atoms with Crippen molar-refractivity contribution in [1.82, 2.24) is 0 Å². The lowest BCUT2D eigenvalue weighted by atomic mass is 10.3. The van der Waals surface area contributed by atoms with Crippen LogP contribution in [0.4, 0.5) is 0 Å². The fraction of sp³-hybridized carbons (Fsp3) is 0.417. The van der Waals surface area contributed by atoms with E-state index in [0.29, 0.717) is 17.1 Å². The minimum atomic E-state index is -3.17. The van der Waals surface area contributed by atoms with Crippen LogP contribution >= 0.6 is 0 Å². The second-order valence-electron chi connectivity index (χ2n) is 3.81. The molecule has 1 aromatic rings. The van der Waals surface area contributed by atoms with E-state index in [0.717, 1.165) is 0 Å². The highest BCUT2D eigenvalue weighted by molar-refractivity contribution is 7.91. The van der Waals surface area contributed by atoms with Crippen LogP contribution in [-0.2, 0) is 9.84 Å². The maximum Gasteiger partial charge on any atom is 0.178 e. The fourth-order valence-corrected chi connectivity index (χ4v) is 2.47. The first kappa shape index (κ1) is 13.0. The van der Waals surface area contributed by atoms with Crippen LogP contribution in [-0.4, -0.2) is 20.3 Å². The Bertz CT molecular complexity index is 418. The van der Waals surface area contributed by atoms with Crippen LogP contribution in [0.15, 0.2) is 29.2 Å². The Hall–Kier alpha value is -1.03. The molecule has 0 bridgehead atoms. The van der Waals surface area contributed by atoms with Gasteiger partial charge in [-0.1, -0.05) is 6.92 Å². The van der Waals surface area contributed by atoms with Crippen LogP contribution < -0.4 is 4.74 Å². The summed E-state index contributed by atoms with van der Waals surface area (Å²) >= 11 is 0. The third kappa shape index (κ3) is 3.52. The summed E-state index contributed by atoms with van der Waals surface area (Å²) in [5.74, 6) is 0.765. The van der Waals surface area contributed by atoms with Crippen molar-refractivity contribution in [2.45, 2.75) is 31.3 Å². The first-order valence-corrected chi connectivity index (χ1v) is 6.89. The van der Waals surface area contributed by atoms with Gasteiger partial charge in [0.1, 0.15) is 5.75 Å². The molecule has 0 amide bonds. The monoisotopic (exact) mass is 241 g/mol. The molecule has 16 heavy (non-hydrogen) atoms. The maximum atomic E-state index is 11.7. The molecule has 0 heterocycles. The number of rotatable bonds is 5. The normalized spacial score (nSPS) is 11.8. The fourth-order valence-electron chi connectivity index (χ4n) is 1.31. The maximum absolute atomic E-state index is 11.7. The predicted molar refractivity (Wildman–Crippen MR) is 64.2 cm³/mol. The number of ether oxygens (including phenoxy) is 1. The van der Waals surface area contributed by atoms with Gasteiger partial charge in [-0.15, -0.1) is 0 Å². The minimum absolute atomic E-state index is 0.0807. The molecule has 0 aliphatic heterocycles. The Balaban J connectivity index is 2.87. The van der Waals surface area contributed by atoms with Gasteiger partial charge in [0.15, 0.2) is 9.84 Å². The van der Waals surface area contributed by atoms with Gasteiger partial charge in [-0.25, -0.2) is 8.42 Å². The molecule has 0 aliphatic carbocycles. The highest BCUT2D eigenvalue weighted by atomic mass is 32.2. The van der Waals surface area contributed by atoms with Gasteiger partial charge in [0.25, 0.3) is 0 Å². The van der Waals surface area contributed by atoms with E-state index in [2.05, 4.69) is 6.92 Å². The Morgan fingerprint density at radius 3 is 2.25 bits per heavy atom. The van der Waals surface area contributed by atoms with Gasteiger partial charge >= 0.3 is 0 Å². The highest BCUT2D eigenvalue weighted by Crippen LogP contribution is 2.18. The Labute approximate surface area is 97.4 Å². The molecule has 0 unspecified atom stereocenters. The molecular weight excluding hydrogens is 224 g/mol. The molecule has 3 nitrogen and oxygen atoms in total. The highest BCUT2D eigenvalue weighted by Gasteiger charge is 2.12.